The van der Waals surface area contributed by atoms with Gasteiger partial charge >= 0.3 is 0 Å². The summed E-state index contributed by atoms with van der Waals surface area (Å²) < 4.78 is 4.61. The number of para-hydroxylation sites is 2. The van der Waals surface area contributed by atoms with E-state index >= 15 is 0 Å². The lowest BCUT2D eigenvalue weighted by molar-refractivity contribution is 1.13. The summed E-state index contributed by atoms with van der Waals surface area (Å²) in [5.41, 5.74) is 13.2. The first-order chi connectivity index (χ1) is 26.7. The van der Waals surface area contributed by atoms with E-state index in [4.69, 9.17) is 0 Å². The fourth-order valence-corrected chi connectivity index (χ4v) is 8.15. The molecule has 0 N–H and O–H groups in total. The molecule has 0 atom stereocenters. The highest BCUT2D eigenvalue weighted by Gasteiger charge is 2.24. The monoisotopic (exact) mass is 686 g/mol. The molecule has 0 aliphatic heterocycles. The minimum absolute atomic E-state index is 0.537. The van der Waals surface area contributed by atoms with E-state index in [1.807, 2.05) is 42.5 Å². The molecule has 10 aromatic rings. The molecule has 10 rings (SSSR count). The van der Waals surface area contributed by atoms with Crippen LogP contribution < -0.4 is 0 Å². The van der Waals surface area contributed by atoms with Crippen LogP contribution in [0.25, 0.3) is 88.4 Å². The summed E-state index contributed by atoms with van der Waals surface area (Å²) in [5.74, 6) is 0. The van der Waals surface area contributed by atoms with Crippen molar-refractivity contribution in [3.63, 3.8) is 0 Å². The van der Waals surface area contributed by atoms with Crippen LogP contribution in [0.1, 0.15) is 11.1 Å². The number of nitriles is 2. The van der Waals surface area contributed by atoms with E-state index in [0.717, 1.165) is 88.4 Å². The molecule has 4 nitrogen and oxygen atoms in total. The molecule has 0 unspecified atom stereocenters. The molecule has 0 saturated heterocycles. The van der Waals surface area contributed by atoms with E-state index in [-0.39, 0.29) is 0 Å². The van der Waals surface area contributed by atoms with Crippen molar-refractivity contribution in [2.45, 2.75) is 0 Å². The minimum Gasteiger partial charge on any atom is -0.308 e. The highest BCUT2D eigenvalue weighted by molar-refractivity contribution is 6.13. The second-order valence-corrected chi connectivity index (χ2v) is 13.6. The van der Waals surface area contributed by atoms with E-state index in [1.54, 1.807) is 0 Å². The lowest BCUT2D eigenvalue weighted by atomic mass is 9.96. The molecular weight excluding hydrogens is 657 g/mol. The standard InChI is InChI=1S/C50H30N4/c51-31-33-12-11-17-39(26-33)50-48(53-44-20-9-7-18-40(44)42-24-22-37(29-46(42)53)35-13-3-1-4-14-35)27-34(32-52)28-49(50)54-45-21-10-8-19-41(45)43-25-23-38(30-47(43)54)36-15-5-2-6-16-36/h1-30H. The molecule has 0 bridgehead atoms. The lowest BCUT2D eigenvalue weighted by Gasteiger charge is -2.21. The number of hydrogen-bond donors (Lipinski definition) is 0. The van der Waals surface area contributed by atoms with Gasteiger partial charge in [0, 0.05) is 27.1 Å². The molecule has 0 aliphatic carbocycles. The van der Waals surface area contributed by atoms with Gasteiger partial charge < -0.3 is 9.13 Å². The van der Waals surface area contributed by atoms with Crippen LogP contribution in [-0.2, 0) is 0 Å². The van der Waals surface area contributed by atoms with Crippen molar-refractivity contribution in [1.29, 1.82) is 10.5 Å². The molecule has 54 heavy (non-hydrogen) atoms. The molecule has 0 spiro atoms. The summed E-state index contributed by atoms with van der Waals surface area (Å²) in [7, 11) is 0. The summed E-state index contributed by atoms with van der Waals surface area (Å²) in [6, 6.07) is 67.8. The summed E-state index contributed by atoms with van der Waals surface area (Å²) in [6.07, 6.45) is 0. The van der Waals surface area contributed by atoms with Crippen LogP contribution in [0, 0.1) is 22.7 Å². The Morgan fingerprint density at radius 2 is 0.759 bits per heavy atom. The van der Waals surface area contributed by atoms with Gasteiger partial charge in [-0.3, -0.25) is 0 Å². The van der Waals surface area contributed by atoms with E-state index in [1.165, 1.54) is 0 Å². The number of benzene rings is 8. The van der Waals surface area contributed by atoms with Crippen molar-refractivity contribution >= 4 is 43.6 Å². The van der Waals surface area contributed by atoms with Gasteiger partial charge in [0.2, 0.25) is 0 Å². The average molecular weight is 687 g/mol. The summed E-state index contributed by atoms with van der Waals surface area (Å²) >= 11 is 0. The molecule has 0 amide bonds. The van der Waals surface area contributed by atoms with Crippen molar-refractivity contribution in [1.82, 2.24) is 9.13 Å². The molecule has 0 aliphatic rings. The third-order valence-electron chi connectivity index (χ3n) is 10.5. The SMILES string of the molecule is N#Cc1cccc(-c2c(-n3c4ccccc4c4ccc(-c5ccccc5)cc43)cc(C#N)cc2-n2c3ccccc3c3ccc(-c4ccccc4)cc32)c1. The van der Waals surface area contributed by atoms with Crippen LogP contribution in [0.5, 0.6) is 0 Å². The van der Waals surface area contributed by atoms with Crippen LogP contribution in [0.3, 0.4) is 0 Å². The molecule has 0 fully saturated rings. The van der Waals surface area contributed by atoms with Gasteiger partial charge in [-0.15, -0.1) is 0 Å². The number of rotatable bonds is 5. The Bertz CT molecular complexity index is 2990. The minimum atomic E-state index is 0.537. The fourth-order valence-electron chi connectivity index (χ4n) is 8.15. The van der Waals surface area contributed by atoms with Gasteiger partial charge in [0.25, 0.3) is 0 Å². The second-order valence-electron chi connectivity index (χ2n) is 13.6. The predicted molar refractivity (Wildman–Crippen MR) is 221 cm³/mol. The second kappa shape index (κ2) is 12.5. The van der Waals surface area contributed by atoms with Gasteiger partial charge in [-0.2, -0.15) is 10.5 Å². The van der Waals surface area contributed by atoms with E-state index in [2.05, 4.69) is 161 Å². The molecular formula is C50H30N4. The lowest BCUT2D eigenvalue weighted by Crippen LogP contribution is -2.05. The van der Waals surface area contributed by atoms with Crippen molar-refractivity contribution in [2.24, 2.45) is 0 Å². The zero-order valence-corrected chi connectivity index (χ0v) is 29.1. The quantitative estimate of drug-likeness (QED) is 0.181. The van der Waals surface area contributed by atoms with Crippen molar-refractivity contribution < 1.29 is 0 Å². The highest BCUT2D eigenvalue weighted by Crippen LogP contribution is 2.44. The topological polar surface area (TPSA) is 57.4 Å². The third-order valence-corrected chi connectivity index (χ3v) is 10.5. The molecule has 2 aromatic heterocycles. The van der Waals surface area contributed by atoms with Gasteiger partial charge in [-0.1, -0.05) is 133 Å². The Kier molecular flexibility index (Phi) is 7.22. The Morgan fingerprint density at radius 1 is 0.315 bits per heavy atom. The summed E-state index contributed by atoms with van der Waals surface area (Å²) in [4.78, 5) is 0. The third kappa shape index (κ3) is 4.90. The van der Waals surface area contributed by atoms with Gasteiger partial charge in [0.15, 0.2) is 0 Å². The van der Waals surface area contributed by atoms with Gasteiger partial charge in [-0.25, -0.2) is 0 Å². The summed E-state index contributed by atoms with van der Waals surface area (Å²) in [5, 5.41) is 25.4. The van der Waals surface area contributed by atoms with Crippen LogP contribution in [0.4, 0.5) is 0 Å². The van der Waals surface area contributed by atoms with Gasteiger partial charge in [0.05, 0.1) is 56.7 Å². The molecule has 2 heterocycles. The fraction of sp³-hybridized carbons (Fsp3) is 0. The zero-order chi connectivity index (χ0) is 36.2. The Hall–Kier alpha value is -7.66. The number of nitrogens with zero attached hydrogens (tertiary/aromatic N) is 4. The first kappa shape index (κ1) is 31.1. The average Bonchev–Trinajstić information content (AvgIpc) is 3.76. The highest BCUT2D eigenvalue weighted by atomic mass is 15.0. The number of fused-ring (bicyclic) bond motifs is 6. The first-order valence-electron chi connectivity index (χ1n) is 18.0. The van der Waals surface area contributed by atoms with Crippen LogP contribution in [0.15, 0.2) is 182 Å². The van der Waals surface area contributed by atoms with Crippen molar-refractivity contribution in [3.8, 4) is 56.9 Å². The molecule has 0 radical (unpaired) electrons. The smallest absolute Gasteiger partial charge is 0.0993 e. The zero-order valence-electron chi connectivity index (χ0n) is 29.1. The van der Waals surface area contributed by atoms with Crippen LogP contribution in [-0.4, -0.2) is 9.13 Å². The Morgan fingerprint density at radius 3 is 1.26 bits per heavy atom. The largest absolute Gasteiger partial charge is 0.308 e. The maximum atomic E-state index is 10.8. The normalized spacial score (nSPS) is 11.3. The molecule has 0 saturated carbocycles. The van der Waals surface area contributed by atoms with Crippen LogP contribution in [0.2, 0.25) is 0 Å². The van der Waals surface area contributed by atoms with E-state index < -0.39 is 0 Å². The van der Waals surface area contributed by atoms with Crippen molar-refractivity contribution in [3.05, 3.63) is 193 Å². The Balaban J connectivity index is 1.38. The maximum Gasteiger partial charge on any atom is 0.0993 e. The predicted octanol–water partition coefficient (Wildman–Crippen LogP) is 12.6. The number of aromatic nitrogens is 2. The van der Waals surface area contributed by atoms with Crippen molar-refractivity contribution in [2.75, 3.05) is 0 Å². The van der Waals surface area contributed by atoms with Crippen LogP contribution >= 0.6 is 0 Å². The summed E-state index contributed by atoms with van der Waals surface area (Å²) in [6.45, 7) is 0. The van der Waals surface area contributed by atoms with E-state index in [9.17, 15) is 10.5 Å². The van der Waals surface area contributed by atoms with Gasteiger partial charge in [-0.05, 0) is 76.3 Å². The van der Waals surface area contributed by atoms with Gasteiger partial charge in [0.1, 0.15) is 0 Å². The molecule has 250 valence electrons. The maximum absolute atomic E-state index is 10.8. The Labute approximate surface area is 312 Å². The number of hydrogen-bond acceptors (Lipinski definition) is 2. The first-order valence-corrected chi connectivity index (χ1v) is 18.0. The molecule has 8 aromatic carbocycles. The molecule has 4 heteroatoms. The van der Waals surface area contributed by atoms with E-state index in [0.29, 0.717) is 11.1 Å².